The molecule has 32 heavy (non-hydrogen) atoms. The molecule has 0 amide bonds. The summed E-state index contributed by atoms with van der Waals surface area (Å²) in [5.74, 6) is 1.69. The number of aromatic nitrogens is 3. The van der Waals surface area contributed by atoms with Gasteiger partial charge in [0.2, 0.25) is 5.95 Å². The number of benzene rings is 2. The van der Waals surface area contributed by atoms with Crippen molar-refractivity contribution in [1.29, 1.82) is 0 Å². The molecule has 0 aliphatic heterocycles. The van der Waals surface area contributed by atoms with Crippen molar-refractivity contribution >= 4 is 33.6 Å². The average molecular weight is 427 g/mol. The first kappa shape index (κ1) is 20.6. The second-order valence-electron chi connectivity index (χ2n) is 8.84. The van der Waals surface area contributed by atoms with Crippen LogP contribution in [0, 0.1) is 0 Å². The SMILES string of the molecule is CN(C)c1nc(N[C@H]2CC[C@@H](NCc3ccnc4ccccc34)CC2)nc2ccccc12. The Morgan fingerprint density at radius 1 is 0.812 bits per heavy atom. The highest BCUT2D eigenvalue weighted by molar-refractivity contribution is 5.90. The molecule has 5 rings (SSSR count). The van der Waals surface area contributed by atoms with Crippen LogP contribution in [-0.4, -0.2) is 41.1 Å². The fourth-order valence-corrected chi connectivity index (χ4v) is 4.65. The zero-order valence-corrected chi connectivity index (χ0v) is 18.8. The summed E-state index contributed by atoms with van der Waals surface area (Å²) in [7, 11) is 4.06. The van der Waals surface area contributed by atoms with Crippen molar-refractivity contribution in [3.8, 4) is 0 Å². The molecule has 1 saturated carbocycles. The Kier molecular flexibility index (Phi) is 5.86. The van der Waals surface area contributed by atoms with Crippen LogP contribution < -0.4 is 15.5 Å². The monoisotopic (exact) mass is 426 g/mol. The molecule has 4 aromatic rings. The van der Waals surface area contributed by atoms with Gasteiger partial charge in [0.25, 0.3) is 0 Å². The van der Waals surface area contributed by atoms with Gasteiger partial charge in [0.15, 0.2) is 0 Å². The summed E-state index contributed by atoms with van der Waals surface area (Å²) in [6.45, 7) is 0.881. The van der Waals surface area contributed by atoms with Crippen LogP contribution in [0.2, 0.25) is 0 Å². The number of nitrogens with zero attached hydrogens (tertiary/aromatic N) is 4. The highest BCUT2D eigenvalue weighted by Gasteiger charge is 2.22. The van der Waals surface area contributed by atoms with Crippen LogP contribution >= 0.6 is 0 Å². The number of pyridine rings is 1. The standard InChI is InChI=1S/C26H30N6/c1-32(2)25-22-8-4-6-10-24(22)30-26(31-25)29-20-13-11-19(12-14-20)28-17-18-15-16-27-23-9-5-3-7-21(18)23/h3-10,15-16,19-20,28H,11-14,17H2,1-2H3,(H,29,30,31)/t19-,20+. The molecule has 1 fully saturated rings. The van der Waals surface area contributed by atoms with Crippen molar-refractivity contribution in [3.05, 3.63) is 66.4 Å². The number of hydrogen-bond acceptors (Lipinski definition) is 6. The van der Waals surface area contributed by atoms with Crippen molar-refractivity contribution in [2.75, 3.05) is 24.3 Å². The van der Waals surface area contributed by atoms with Gasteiger partial charge in [-0.15, -0.1) is 0 Å². The van der Waals surface area contributed by atoms with Crippen LogP contribution in [0.5, 0.6) is 0 Å². The Labute approximate surface area is 189 Å². The maximum absolute atomic E-state index is 4.80. The van der Waals surface area contributed by atoms with E-state index in [1.807, 2.05) is 38.5 Å². The molecule has 1 aliphatic carbocycles. The molecular weight excluding hydrogens is 396 g/mol. The first-order valence-corrected chi connectivity index (χ1v) is 11.4. The van der Waals surface area contributed by atoms with Gasteiger partial charge in [0.05, 0.1) is 11.0 Å². The summed E-state index contributed by atoms with van der Waals surface area (Å²) in [6.07, 6.45) is 6.43. The summed E-state index contributed by atoms with van der Waals surface area (Å²) < 4.78 is 0. The largest absolute Gasteiger partial charge is 0.362 e. The summed E-state index contributed by atoms with van der Waals surface area (Å²) in [4.78, 5) is 16.1. The lowest BCUT2D eigenvalue weighted by Gasteiger charge is -2.30. The third-order valence-corrected chi connectivity index (χ3v) is 6.39. The molecule has 1 aliphatic rings. The fourth-order valence-electron chi connectivity index (χ4n) is 4.65. The van der Waals surface area contributed by atoms with Gasteiger partial charge < -0.3 is 15.5 Å². The Morgan fingerprint density at radius 2 is 1.50 bits per heavy atom. The lowest BCUT2D eigenvalue weighted by Crippen LogP contribution is -2.37. The second-order valence-corrected chi connectivity index (χ2v) is 8.84. The molecule has 0 saturated heterocycles. The number of para-hydroxylation sites is 2. The molecule has 6 nitrogen and oxygen atoms in total. The third kappa shape index (κ3) is 4.36. The van der Waals surface area contributed by atoms with E-state index in [0.717, 1.165) is 60.4 Å². The van der Waals surface area contributed by atoms with E-state index in [1.54, 1.807) is 0 Å². The van der Waals surface area contributed by atoms with Crippen molar-refractivity contribution in [1.82, 2.24) is 20.3 Å². The molecule has 0 unspecified atom stereocenters. The van der Waals surface area contributed by atoms with Gasteiger partial charge in [0, 0.05) is 49.7 Å². The Hall–Kier alpha value is -3.25. The number of fused-ring (bicyclic) bond motifs is 2. The summed E-state index contributed by atoms with van der Waals surface area (Å²) in [5, 5.41) is 9.69. The topological polar surface area (TPSA) is 66.0 Å². The Morgan fingerprint density at radius 3 is 2.28 bits per heavy atom. The van der Waals surface area contributed by atoms with Crippen molar-refractivity contribution in [3.63, 3.8) is 0 Å². The van der Waals surface area contributed by atoms with Crippen molar-refractivity contribution in [2.45, 2.75) is 44.3 Å². The maximum atomic E-state index is 4.80. The molecule has 0 atom stereocenters. The number of nitrogens with one attached hydrogen (secondary N) is 2. The van der Waals surface area contributed by atoms with E-state index < -0.39 is 0 Å². The minimum atomic E-state index is 0.408. The van der Waals surface area contributed by atoms with E-state index in [2.05, 4.69) is 56.9 Å². The van der Waals surface area contributed by atoms with Crippen molar-refractivity contribution < 1.29 is 0 Å². The van der Waals surface area contributed by atoms with E-state index in [1.165, 1.54) is 10.9 Å². The molecular formula is C26H30N6. The molecule has 6 heteroatoms. The molecule has 2 aromatic carbocycles. The van der Waals surface area contributed by atoms with Gasteiger partial charge in [-0.1, -0.05) is 30.3 Å². The average Bonchev–Trinajstić information content (AvgIpc) is 2.83. The van der Waals surface area contributed by atoms with Gasteiger partial charge in [-0.2, -0.15) is 4.98 Å². The van der Waals surface area contributed by atoms with Crippen LogP contribution in [0.25, 0.3) is 21.8 Å². The predicted octanol–water partition coefficient (Wildman–Crippen LogP) is 4.76. The first-order valence-electron chi connectivity index (χ1n) is 11.4. The molecule has 2 aromatic heterocycles. The Bertz CT molecular complexity index is 1210. The smallest absolute Gasteiger partial charge is 0.225 e. The van der Waals surface area contributed by atoms with Gasteiger partial charge in [-0.3, -0.25) is 4.98 Å². The van der Waals surface area contributed by atoms with Crippen LogP contribution in [0.3, 0.4) is 0 Å². The predicted molar refractivity (Wildman–Crippen MR) is 132 cm³/mol. The van der Waals surface area contributed by atoms with Gasteiger partial charge in [-0.25, -0.2) is 4.98 Å². The molecule has 2 N–H and O–H groups in total. The lowest BCUT2D eigenvalue weighted by molar-refractivity contribution is 0.352. The number of rotatable bonds is 6. The zero-order chi connectivity index (χ0) is 21.9. The van der Waals surface area contributed by atoms with E-state index in [-0.39, 0.29) is 0 Å². The minimum absolute atomic E-state index is 0.408. The Balaban J connectivity index is 1.20. The molecule has 2 heterocycles. The summed E-state index contributed by atoms with van der Waals surface area (Å²) >= 11 is 0. The van der Waals surface area contributed by atoms with Crippen LogP contribution in [0.15, 0.2) is 60.8 Å². The molecule has 0 bridgehead atoms. The summed E-state index contributed by atoms with van der Waals surface area (Å²) in [5.41, 5.74) is 3.36. The maximum Gasteiger partial charge on any atom is 0.225 e. The van der Waals surface area contributed by atoms with Crippen LogP contribution in [0.1, 0.15) is 31.2 Å². The highest BCUT2D eigenvalue weighted by Crippen LogP contribution is 2.26. The fraction of sp³-hybridized carbons (Fsp3) is 0.346. The number of hydrogen-bond donors (Lipinski definition) is 2. The van der Waals surface area contributed by atoms with Crippen LogP contribution in [0.4, 0.5) is 11.8 Å². The van der Waals surface area contributed by atoms with Gasteiger partial charge >= 0.3 is 0 Å². The van der Waals surface area contributed by atoms with Gasteiger partial charge in [-0.05, 0) is 55.5 Å². The van der Waals surface area contributed by atoms with E-state index in [9.17, 15) is 0 Å². The number of anilines is 2. The molecule has 164 valence electrons. The highest BCUT2D eigenvalue weighted by atomic mass is 15.2. The second kappa shape index (κ2) is 9.09. The van der Waals surface area contributed by atoms with E-state index in [0.29, 0.717) is 12.1 Å². The van der Waals surface area contributed by atoms with Crippen molar-refractivity contribution in [2.24, 2.45) is 0 Å². The van der Waals surface area contributed by atoms with E-state index >= 15 is 0 Å². The lowest BCUT2D eigenvalue weighted by atomic mass is 9.91. The minimum Gasteiger partial charge on any atom is -0.362 e. The normalized spacial score (nSPS) is 18.7. The first-order chi connectivity index (χ1) is 15.7. The van der Waals surface area contributed by atoms with E-state index in [4.69, 9.17) is 9.97 Å². The quantitative estimate of drug-likeness (QED) is 0.464. The van der Waals surface area contributed by atoms with Gasteiger partial charge in [0.1, 0.15) is 5.82 Å². The molecule has 0 spiro atoms. The van der Waals surface area contributed by atoms with Crippen LogP contribution in [-0.2, 0) is 6.54 Å². The molecule has 0 radical (unpaired) electrons. The summed E-state index contributed by atoms with van der Waals surface area (Å²) in [6, 6.07) is 19.6. The third-order valence-electron chi connectivity index (χ3n) is 6.39. The zero-order valence-electron chi connectivity index (χ0n) is 18.8.